The lowest BCUT2D eigenvalue weighted by Crippen LogP contribution is -2.59. The number of amides is 2. The molecule has 0 saturated carbocycles. The van der Waals surface area contributed by atoms with E-state index in [1.165, 1.54) is 0 Å². The monoisotopic (exact) mass is 462 g/mol. The summed E-state index contributed by atoms with van der Waals surface area (Å²) in [6, 6.07) is 18.6. The first-order chi connectivity index (χ1) is 16.1. The van der Waals surface area contributed by atoms with Crippen LogP contribution in [0.1, 0.15) is 27.5 Å². The lowest BCUT2D eigenvalue weighted by molar-refractivity contribution is -0.160. The Hall–Kier alpha value is -3.29. The van der Waals surface area contributed by atoms with Gasteiger partial charge in [0.2, 0.25) is 0 Å². The van der Waals surface area contributed by atoms with E-state index in [0.717, 1.165) is 11.1 Å². The lowest BCUT2D eigenvalue weighted by atomic mass is 9.83. The molecule has 2 fully saturated rings. The number of carbonyl (C=O) groups is 2. The molecule has 4 heterocycles. The van der Waals surface area contributed by atoms with Gasteiger partial charge in [-0.25, -0.2) is 4.98 Å². The van der Waals surface area contributed by atoms with Crippen LogP contribution in [0.25, 0.3) is 0 Å². The molecule has 0 N–H and O–H groups in total. The molecule has 2 aliphatic heterocycles. The van der Waals surface area contributed by atoms with Gasteiger partial charge in [0, 0.05) is 37.9 Å². The second-order valence-electron chi connectivity index (χ2n) is 8.32. The molecule has 2 aromatic heterocycles. The van der Waals surface area contributed by atoms with Gasteiger partial charge >= 0.3 is 0 Å². The first-order valence-electron chi connectivity index (χ1n) is 10.9. The van der Waals surface area contributed by atoms with Crippen molar-refractivity contribution in [3.05, 3.63) is 95.0 Å². The molecular weight excluding hydrogens is 440 g/mol. The Bertz CT molecular complexity index is 1160. The minimum absolute atomic E-state index is 0.114. The van der Waals surface area contributed by atoms with E-state index >= 15 is 0 Å². The third-order valence-corrected chi connectivity index (χ3v) is 6.49. The number of morpholine rings is 1. The highest BCUT2D eigenvalue weighted by molar-refractivity contribution is 6.29. The van der Waals surface area contributed by atoms with Gasteiger partial charge in [0.15, 0.2) is 5.60 Å². The fourth-order valence-corrected chi connectivity index (χ4v) is 4.89. The van der Waals surface area contributed by atoms with Gasteiger partial charge in [0.1, 0.15) is 10.8 Å². The molecule has 2 aliphatic rings. The second kappa shape index (κ2) is 8.92. The Morgan fingerprint density at radius 3 is 2.73 bits per heavy atom. The molecule has 7 nitrogen and oxygen atoms in total. The average molecular weight is 463 g/mol. The van der Waals surface area contributed by atoms with Crippen LogP contribution in [-0.2, 0) is 16.1 Å². The highest BCUT2D eigenvalue weighted by atomic mass is 35.5. The molecule has 1 spiro atoms. The maximum absolute atomic E-state index is 13.8. The molecule has 2 unspecified atom stereocenters. The largest absolute Gasteiger partial charge is 0.361 e. The first kappa shape index (κ1) is 21.6. The van der Waals surface area contributed by atoms with Crippen LogP contribution < -0.4 is 0 Å². The fourth-order valence-electron chi connectivity index (χ4n) is 4.72. The summed E-state index contributed by atoms with van der Waals surface area (Å²) in [5.41, 5.74) is 1.06. The van der Waals surface area contributed by atoms with Gasteiger partial charge in [-0.05, 0) is 29.3 Å². The molecule has 0 radical (unpaired) electrons. The summed E-state index contributed by atoms with van der Waals surface area (Å²) in [4.78, 5) is 38.9. The number of hydrogen-bond donors (Lipinski definition) is 0. The Morgan fingerprint density at radius 2 is 1.97 bits per heavy atom. The molecule has 0 bridgehead atoms. The number of nitrogens with zero attached hydrogens (tertiary/aromatic N) is 4. The maximum Gasteiger partial charge on any atom is 0.272 e. The van der Waals surface area contributed by atoms with Gasteiger partial charge in [-0.1, -0.05) is 54.1 Å². The number of rotatable bonds is 4. The summed E-state index contributed by atoms with van der Waals surface area (Å²) in [5.74, 6) is -0.590. The minimum Gasteiger partial charge on any atom is -0.361 e. The minimum atomic E-state index is -1.16. The summed E-state index contributed by atoms with van der Waals surface area (Å²) in [6.07, 6.45) is 3.47. The maximum atomic E-state index is 13.8. The van der Waals surface area contributed by atoms with E-state index < -0.39 is 5.60 Å². The van der Waals surface area contributed by atoms with Gasteiger partial charge < -0.3 is 14.5 Å². The zero-order valence-electron chi connectivity index (χ0n) is 17.9. The third kappa shape index (κ3) is 4.10. The average Bonchev–Trinajstić information content (AvgIpc) is 3.10. The number of ether oxygens (including phenoxy) is 1. The number of likely N-dealkylation sites (tertiary alicyclic amines) is 1. The van der Waals surface area contributed by atoms with Gasteiger partial charge in [-0.15, -0.1) is 0 Å². The molecule has 168 valence electrons. The van der Waals surface area contributed by atoms with Crippen LogP contribution in [0, 0.1) is 0 Å². The number of halogens is 1. The van der Waals surface area contributed by atoms with Gasteiger partial charge in [0.25, 0.3) is 11.8 Å². The van der Waals surface area contributed by atoms with E-state index in [9.17, 15) is 9.59 Å². The molecule has 5 rings (SSSR count). The van der Waals surface area contributed by atoms with E-state index in [1.54, 1.807) is 40.4 Å². The van der Waals surface area contributed by atoms with Crippen molar-refractivity contribution in [2.75, 3.05) is 26.2 Å². The van der Waals surface area contributed by atoms with Crippen LogP contribution in [0.5, 0.6) is 0 Å². The van der Waals surface area contributed by atoms with Crippen molar-refractivity contribution in [3.63, 3.8) is 0 Å². The molecule has 2 saturated heterocycles. The van der Waals surface area contributed by atoms with Crippen LogP contribution in [0.3, 0.4) is 0 Å². The van der Waals surface area contributed by atoms with E-state index in [-0.39, 0.29) is 41.7 Å². The first-order valence-corrected chi connectivity index (χ1v) is 11.2. The number of aromatic nitrogens is 2. The van der Waals surface area contributed by atoms with Crippen molar-refractivity contribution in [1.29, 1.82) is 0 Å². The smallest absolute Gasteiger partial charge is 0.272 e. The number of pyridine rings is 2. The molecule has 1 aromatic carbocycles. The molecule has 3 aromatic rings. The Balaban J connectivity index is 1.48. The van der Waals surface area contributed by atoms with E-state index in [1.807, 2.05) is 42.5 Å². The quantitative estimate of drug-likeness (QED) is 0.557. The highest BCUT2D eigenvalue weighted by Crippen LogP contribution is 2.42. The number of benzene rings is 1. The van der Waals surface area contributed by atoms with Gasteiger partial charge in [0.05, 0.1) is 13.2 Å². The SMILES string of the molecule is O=C(c1cccc(Cl)n1)N1CCOC2(C1)C(=O)N(Cc1cccnc1)CC2c1ccccc1. The Labute approximate surface area is 197 Å². The number of carbonyl (C=O) groups excluding carboxylic acids is 2. The summed E-state index contributed by atoms with van der Waals surface area (Å²) >= 11 is 6.00. The van der Waals surface area contributed by atoms with Crippen molar-refractivity contribution >= 4 is 23.4 Å². The van der Waals surface area contributed by atoms with Crippen molar-refractivity contribution in [2.24, 2.45) is 0 Å². The second-order valence-corrected chi connectivity index (χ2v) is 8.71. The molecule has 33 heavy (non-hydrogen) atoms. The van der Waals surface area contributed by atoms with E-state index in [0.29, 0.717) is 19.6 Å². The van der Waals surface area contributed by atoms with Crippen LogP contribution >= 0.6 is 11.6 Å². The molecule has 2 amide bonds. The molecule has 0 aliphatic carbocycles. The molecule has 8 heteroatoms. The lowest BCUT2D eigenvalue weighted by Gasteiger charge is -2.42. The standard InChI is InChI=1S/C25H23ClN4O3/c26-22-10-4-9-21(28-22)23(31)29-12-13-33-25(17-29)20(19-7-2-1-3-8-19)16-30(24(25)32)15-18-6-5-11-27-14-18/h1-11,14,20H,12-13,15-17H2. The Morgan fingerprint density at radius 1 is 1.12 bits per heavy atom. The van der Waals surface area contributed by atoms with Crippen molar-refractivity contribution in [3.8, 4) is 0 Å². The van der Waals surface area contributed by atoms with Crippen LogP contribution in [-0.4, -0.2) is 63.4 Å². The topological polar surface area (TPSA) is 75.6 Å². The highest BCUT2D eigenvalue weighted by Gasteiger charge is 2.58. The predicted molar refractivity (Wildman–Crippen MR) is 123 cm³/mol. The number of hydrogen-bond acceptors (Lipinski definition) is 5. The zero-order valence-corrected chi connectivity index (χ0v) is 18.7. The van der Waals surface area contributed by atoms with Gasteiger partial charge in [-0.2, -0.15) is 0 Å². The zero-order chi connectivity index (χ0) is 22.8. The van der Waals surface area contributed by atoms with Crippen LogP contribution in [0.15, 0.2) is 73.1 Å². The van der Waals surface area contributed by atoms with E-state index in [2.05, 4.69) is 9.97 Å². The molecular formula is C25H23ClN4O3. The Kier molecular flexibility index (Phi) is 5.83. The van der Waals surface area contributed by atoms with E-state index in [4.69, 9.17) is 16.3 Å². The van der Waals surface area contributed by atoms with Crippen LogP contribution in [0.4, 0.5) is 0 Å². The fraction of sp³-hybridized carbons (Fsp3) is 0.280. The summed E-state index contributed by atoms with van der Waals surface area (Å²) in [7, 11) is 0. The summed E-state index contributed by atoms with van der Waals surface area (Å²) in [5, 5.41) is 0.255. The van der Waals surface area contributed by atoms with Crippen molar-refractivity contribution in [1.82, 2.24) is 19.8 Å². The van der Waals surface area contributed by atoms with Gasteiger partial charge in [-0.3, -0.25) is 14.6 Å². The van der Waals surface area contributed by atoms with Crippen molar-refractivity contribution in [2.45, 2.75) is 18.1 Å². The van der Waals surface area contributed by atoms with Crippen LogP contribution in [0.2, 0.25) is 5.15 Å². The molecule has 2 atom stereocenters. The third-order valence-electron chi connectivity index (χ3n) is 6.28. The summed E-state index contributed by atoms with van der Waals surface area (Å²) < 4.78 is 6.27. The normalized spacial score (nSPS) is 22.7. The summed E-state index contributed by atoms with van der Waals surface area (Å²) in [6.45, 7) is 1.73. The van der Waals surface area contributed by atoms with Crippen molar-refractivity contribution < 1.29 is 14.3 Å². The predicted octanol–water partition coefficient (Wildman–Crippen LogP) is 3.17.